The molecule has 5 nitrogen and oxygen atoms in total. The SMILES string of the molecule is Nc1c(NCc2ccccc2Cl)ncnc1Oc1ccc(Br)cc1. The molecule has 0 aliphatic carbocycles. The van der Waals surface area contributed by atoms with Gasteiger partial charge in [-0.3, -0.25) is 0 Å². The van der Waals surface area contributed by atoms with E-state index in [0.29, 0.717) is 34.7 Å². The maximum absolute atomic E-state index is 6.15. The quantitative estimate of drug-likeness (QED) is 0.633. The Kier molecular flexibility index (Phi) is 5.17. The zero-order valence-corrected chi connectivity index (χ0v) is 14.9. The van der Waals surface area contributed by atoms with Crippen molar-refractivity contribution < 1.29 is 4.74 Å². The predicted octanol–water partition coefficient (Wildman–Crippen LogP) is 4.88. The molecule has 0 unspecified atom stereocenters. The van der Waals surface area contributed by atoms with Gasteiger partial charge < -0.3 is 15.8 Å². The number of nitrogens with one attached hydrogen (secondary N) is 1. The molecular weight excluding hydrogens is 392 g/mol. The average Bonchev–Trinajstić information content (AvgIpc) is 2.59. The molecular formula is C17H14BrClN4O. The third-order valence-electron chi connectivity index (χ3n) is 3.28. The van der Waals surface area contributed by atoms with Crippen molar-refractivity contribution in [1.82, 2.24) is 9.97 Å². The van der Waals surface area contributed by atoms with E-state index in [-0.39, 0.29) is 0 Å². The van der Waals surface area contributed by atoms with Crippen LogP contribution >= 0.6 is 27.5 Å². The van der Waals surface area contributed by atoms with Crippen molar-refractivity contribution in [1.29, 1.82) is 0 Å². The number of hydrogen-bond donors (Lipinski definition) is 2. The van der Waals surface area contributed by atoms with Gasteiger partial charge in [0.05, 0.1) is 0 Å². The van der Waals surface area contributed by atoms with E-state index < -0.39 is 0 Å². The first-order valence-electron chi connectivity index (χ1n) is 7.14. The summed E-state index contributed by atoms with van der Waals surface area (Å²) < 4.78 is 6.68. The first-order valence-corrected chi connectivity index (χ1v) is 8.32. The third kappa shape index (κ3) is 3.96. The number of nitrogen functional groups attached to an aromatic ring is 1. The van der Waals surface area contributed by atoms with Gasteiger partial charge >= 0.3 is 0 Å². The van der Waals surface area contributed by atoms with Crippen LogP contribution in [0.5, 0.6) is 11.6 Å². The van der Waals surface area contributed by atoms with Gasteiger partial charge in [0, 0.05) is 16.0 Å². The second-order valence-corrected chi connectivity index (χ2v) is 6.26. The first kappa shape index (κ1) is 16.5. The molecule has 2 aromatic carbocycles. The summed E-state index contributed by atoms with van der Waals surface area (Å²) in [6.07, 6.45) is 1.40. The minimum absolute atomic E-state index is 0.300. The number of nitrogens with two attached hydrogens (primary N) is 1. The lowest BCUT2D eigenvalue weighted by Crippen LogP contribution is -2.07. The number of rotatable bonds is 5. The highest BCUT2D eigenvalue weighted by atomic mass is 79.9. The van der Waals surface area contributed by atoms with Gasteiger partial charge in [0.1, 0.15) is 17.8 Å². The standard InChI is InChI=1S/C17H14BrClN4O/c18-12-5-7-13(8-6-12)24-17-15(20)16(22-10-23-17)21-9-11-3-1-2-4-14(11)19/h1-8,10H,9,20H2,(H,21,22,23). The number of halogens is 2. The van der Waals surface area contributed by atoms with Crippen molar-refractivity contribution in [3.8, 4) is 11.6 Å². The Balaban J connectivity index is 1.75. The van der Waals surface area contributed by atoms with Gasteiger partial charge in [0.2, 0.25) is 5.88 Å². The second kappa shape index (κ2) is 7.51. The minimum atomic E-state index is 0.300. The van der Waals surface area contributed by atoms with Crippen LogP contribution in [0, 0.1) is 0 Å². The van der Waals surface area contributed by atoms with Crippen molar-refractivity contribution in [3.63, 3.8) is 0 Å². The normalized spacial score (nSPS) is 10.4. The van der Waals surface area contributed by atoms with Gasteiger partial charge in [-0.15, -0.1) is 0 Å². The summed E-state index contributed by atoms with van der Waals surface area (Å²) in [4.78, 5) is 8.25. The molecule has 0 amide bonds. The first-order chi connectivity index (χ1) is 11.6. The molecule has 0 aliphatic heterocycles. The molecule has 24 heavy (non-hydrogen) atoms. The zero-order chi connectivity index (χ0) is 16.9. The summed E-state index contributed by atoms with van der Waals surface area (Å²) in [7, 11) is 0. The fourth-order valence-electron chi connectivity index (χ4n) is 2.04. The maximum Gasteiger partial charge on any atom is 0.248 e. The van der Waals surface area contributed by atoms with Crippen LogP contribution in [0.2, 0.25) is 5.02 Å². The Hall–Kier alpha value is -2.31. The molecule has 0 bridgehead atoms. The lowest BCUT2D eigenvalue weighted by atomic mass is 10.2. The van der Waals surface area contributed by atoms with Crippen LogP contribution < -0.4 is 15.8 Å². The van der Waals surface area contributed by atoms with E-state index in [0.717, 1.165) is 10.0 Å². The molecule has 3 aromatic rings. The van der Waals surface area contributed by atoms with E-state index in [1.165, 1.54) is 6.33 Å². The van der Waals surface area contributed by atoms with Crippen LogP contribution in [0.4, 0.5) is 11.5 Å². The van der Waals surface area contributed by atoms with E-state index in [9.17, 15) is 0 Å². The molecule has 1 aromatic heterocycles. The monoisotopic (exact) mass is 404 g/mol. The third-order valence-corrected chi connectivity index (χ3v) is 4.18. The van der Waals surface area contributed by atoms with Gasteiger partial charge in [-0.05, 0) is 35.9 Å². The van der Waals surface area contributed by atoms with Gasteiger partial charge in [0.15, 0.2) is 5.82 Å². The van der Waals surface area contributed by atoms with Crippen molar-refractivity contribution in [2.75, 3.05) is 11.1 Å². The number of aromatic nitrogens is 2. The highest BCUT2D eigenvalue weighted by molar-refractivity contribution is 9.10. The van der Waals surface area contributed by atoms with Gasteiger partial charge in [-0.2, -0.15) is 4.98 Å². The van der Waals surface area contributed by atoms with E-state index in [2.05, 4.69) is 31.2 Å². The Morgan fingerprint density at radius 3 is 2.58 bits per heavy atom. The summed E-state index contributed by atoms with van der Waals surface area (Å²) >= 11 is 9.53. The molecule has 0 aliphatic rings. The summed E-state index contributed by atoms with van der Waals surface area (Å²) in [6, 6.07) is 15.0. The Morgan fingerprint density at radius 1 is 1.08 bits per heavy atom. The number of benzene rings is 2. The number of anilines is 2. The molecule has 0 saturated carbocycles. The summed E-state index contributed by atoms with van der Waals surface area (Å²) in [5, 5.41) is 3.84. The Bertz CT molecular complexity index is 842. The highest BCUT2D eigenvalue weighted by Crippen LogP contribution is 2.30. The van der Waals surface area contributed by atoms with Crippen LogP contribution in [0.25, 0.3) is 0 Å². The zero-order valence-electron chi connectivity index (χ0n) is 12.5. The molecule has 0 radical (unpaired) electrons. The molecule has 3 N–H and O–H groups in total. The number of hydrogen-bond acceptors (Lipinski definition) is 5. The Morgan fingerprint density at radius 2 is 1.83 bits per heavy atom. The van der Waals surface area contributed by atoms with Crippen molar-refractivity contribution in [2.24, 2.45) is 0 Å². The van der Waals surface area contributed by atoms with Crippen LogP contribution in [-0.4, -0.2) is 9.97 Å². The van der Waals surface area contributed by atoms with Crippen LogP contribution in [0.1, 0.15) is 5.56 Å². The molecule has 7 heteroatoms. The molecule has 122 valence electrons. The van der Waals surface area contributed by atoms with Gasteiger partial charge in [-0.25, -0.2) is 4.98 Å². The second-order valence-electron chi connectivity index (χ2n) is 4.94. The van der Waals surface area contributed by atoms with Crippen molar-refractivity contribution in [3.05, 3.63) is 69.9 Å². The molecule has 3 rings (SSSR count). The fraction of sp³-hybridized carbons (Fsp3) is 0.0588. The van der Waals surface area contributed by atoms with Gasteiger partial charge in [0.25, 0.3) is 0 Å². The Labute approximate surface area is 153 Å². The number of ether oxygens (including phenoxy) is 1. The molecule has 0 atom stereocenters. The molecule has 1 heterocycles. The number of nitrogens with zero attached hydrogens (tertiary/aromatic N) is 2. The van der Waals surface area contributed by atoms with Crippen LogP contribution in [0.15, 0.2) is 59.3 Å². The van der Waals surface area contributed by atoms with E-state index in [4.69, 9.17) is 22.1 Å². The van der Waals surface area contributed by atoms with Crippen molar-refractivity contribution in [2.45, 2.75) is 6.54 Å². The van der Waals surface area contributed by atoms with E-state index >= 15 is 0 Å². The largest absolute Gasteiger partial charge is 0.437 e. The maximum atomic E-state index is 6.15. The minimum Gasteiger partial charge on any atom is -0.437 e. The summed E-state index contributed by atoms with van der Waals surface area (Å²) in [6.45, 7) is 0.499. The van der Waals surface area contributed by atoms with Crippen LogP contribution in [0.3, 0.4) is 0 Å². The highest BCUT2D eigenvalue weighted by Gasteiger charge is 2.10. The molecule has 0 spiro atoms. The predicted molar refractivity (Wildman–Crippen MR) is 99.4 cm³/mol. The van der Waals surface area contributed by atoms with E-state index in [1.54, 1.807) is 0 Å². The topological polar surface area (TPSA) is 73.1 Å². The van der Waals surface area contributed by atoms with Crippen LogP contribution in [-0.2, 0) is 6.54 Å². The van der Waals surface area contributed by atoms with Gasteiger partial charge in [-0.1, -0.05) is 45.7 Å². The fourth-order valence-corrected chi connectivity index (χ4v) is 2.50. The van der Waals surface area contributed by atoms with Crippen molar-refractivity contribution >= 4 is 39.0 Å². The molecule has 0 fully saturated rings. The lowest BCUT2D eigenvalue weighted by Gasteiger charge is -2.12. The average molecular weight is 406 g/mol. The van der Waals surface area contributed by atoms with E-state index in [1.807, 2.05) is 48.5 Å². The molecule has 0 saturated heterocycles. The lowest BCUT2D eigenvalue weighted by molar-refractivity contribution is 0.464. The summed E-state index contributed by atoms with van der Waals surface area (Å²) in [5.74, 6) is 1.44. The summed E-state index contributed by atoms with van der Waals surface area (Å²) in [5.41, 5.74) is 7.40. The smallest absolute Gasteiger partial charge is 0.248 e.